The van der Waals surface area contributed by atoms with Gasteiger partial charge in [0.25, 0.3) is 0 Å². The van der Waals surface area contributed by atoms with Crippen molar-refractivity contribution in [3.63, 3.8) is 0 Å². The van der Waals surface area contributed by atoms with Crippen molar-refractivity contribution in [2.24, 2.45) is 0 Å². The van der Waals surface area contributed by atoms with E-state index in [1.54, 1.807) is 34.5 Å². The van der Waals surface area contributed by atoms with Crippen LogP contribution in [0.1, 0.15) is 11.1 Å². The van der Waals surface area contributed by atoms with Crippen molar-refractivity contribution < 1.29 is 23.7 Å². The average Bonchev–Trinajstić information content (AvgIpc) is 2.67. The molecule has 0 fully saturated rings. The molecule has 26 heavy (non-hydrogen) atoms. The standard InChI is InChI=1S/C20H25NO5/c1-23-16-9-8-14(12-18(16)25-3)13-19(22)21-11-10-15-6-5-7-17(24-2)20(15)26-4/h5-9,12H,10-11,13H2,1-4H3,(H,21,22). The molecule has 6 heteroatoms. The van der Waals surface area contributed by atoms with Crippen molar-refractivity contribution in [2.45, 2.75) is 12.8 Å². The van der Waals surface area contributed by atoms with E-state index in [4.69, 9.17) is 18.9 Å². The molecule has 0 aliphatic heterocycles. The number of amides is 1. The lowest BCUT2D eigenvalue weighted by atomic mass is 10.1. The zero-order valence-corrected chi connectivity index (χ0v) is 15.6. The summed E-state index contributed by atoms with van der Waals surface area (Å²) in [6, 6.07) is 11.2. The topological polar surface area (TPSA) is 66.0 Å². The van der Waals surface area contributed by atoms with Gasteiger partial charge in [-0.1, -0.05) is 18.2 Å². The van der Waals surface area contributed by atoms with Crippen molar-refractivity contribution >= 4 is 5.91 Å². The third-order valence-electron chi connectivity index (χ3n) is 4.01. The third-order valence-corrected chi connectivity index (χ3v) is 4.01. The maximum atomic E-state index is 12.2. The Morgan fingerprint density at radius 2 is 1.62 bits per heavy atom. The molecule has 0 aliphatic rings. The van der Waals surface area contributed by atoms with Crippen molar-refractivity contribution in [3.8, 4) is 23.0 Å². The van der Waals surface area contributed by atoms with Gasteiger partial charge in [0, 0.05) is 6.54 Å². The Labute approximate surface area is 154 Å². The smallest absolute Gasteiger partial charge is 0.224 e. The minimum Gasteiger partial charge on any atom is -0.493 e. The Kier molecular flexibility index (Phi) is 7.14. The van der Waals surface area contributed by atoms with Gasteiger partial charge in [0.2, 0.25) is 5.91 Å². The number of methoxy groups -OCH3 is 4. The van der Waals surface area contributed by atoms with Gasteiger partial charge in [-0.2, -0.15) is 0 Å². The zero-order valence-electron chi connectivity index (χ0n) is 15.6. The molecule has 0 aromatic heterocycles. The molecule has 0 saturated heterocycles. The fourth-order valence-electron chi connectivity index (χ4n) is 2.73. The maximum absolute atomic E-state index is 12.2. The highest BCUT2D eigenvalue weighted by molar-refractivity contribution is 5.78. The molecule has 2 rings (SSSR count). The third kappa shape index (κ3) is 4.81. The maximum Gasteiger partial charge on any atom is 0.224 e. The largest absolute Gasteiger partial charge is 0.493 e. The Morgan fingerprint density at radius 1 is 0.885 bits per heavy atom. The van der Waals surface area contributed by atoms with Crippen LogP contribution in [-0.4, -0.2) is 40.9 Å². The summed E-state index contributed by atoms with van der Waals surface area (Å²) in [5.74, 6) is 2.57. The van der Waals surface area contributed by atoms with Gasteiger partial charge < -0.3 is 24.3 Å². The van der Waals surface area contributed by atoms with Crippen LogP contribution in [0.2, 0.25) is 0 Å². The van der Waals surface area contributed by atoms with Gasteiger partial charge in [-0.05, 0) is 35.7 Å². The normalized spacial score (nSPS) is 10.2. The Morgan fingerprint density at radius 3 is 2.27 bits per heavy atom. The summed E-state index contributed by atoms with van der Waals surface area (Å²) in [7, 11) is 6.36. The van der Waals surface area contributed by atoms with Crippen LogP contribution < -0.4 is 24.3 Å². The SMILES string of the molecule is COc1ccc(CC(=O)NCCc2cccc(OC)c2OC)cc1OC. The van der Waals surface area contributed by atoms with E-state index in [9.17, 15) is 4.79 Å². The van der Waals surface area contributed by atoms with Crippen molar-refractivity contribution in [3.05, 3.63) is 47.5 Å². The number of carbonyl (C=O) groups is 1. The lowest BCUT2D eigenvalue weighted by Crippen LogP contribution is -2.27. The summed E-state index contributed by atoms with van der Waals surface area (Å²) in [4.78, 5) is 12.2. The van der Waals surface area contributed by atoms with E-state index >= 15 is 0 Å². The summed E-state index contributed by atoms with van der Waals surface area (Å²) in [6.45, 7) is 0.510. The number of ether oxygens (including phenoxy) is 4. The van der Waals surface area contributed by atoms with Gasteiger partial charge in [-0.3, -0.25) is 4.79 Å². The van der Waals surface area contributed by atoms with Gasteiger partial charge >= 0.3 is 0 Å². The minimum absolute atomic E-state index is 0.0564. The van der Waals surface area contributed by atoms with Crippen LogP contribution in [0.5, 0.6) is 23.0 Å². The number of carbonyl (C=O) groups excluding carboxylic acids is 1. The van der Waals surface area contributed by atoms with Crippen LogP contribution in [-0.2, 0) is 17.6 Å². The number of benzene rings is 2. The minimum atomic E-state index is -0.0564. The highest BCUT2D eigenvalue weighted by Crippen LogP contribution is 2.31. The van der Waals surface area contributed by atoms with E-state index in [0.29, 0.717) is 36.0 Å². The number of hydrogen-bond acceptors (Lipinski definition) is 5. The van der Waals surface area contributed by atoms with Gasteiger partial charge in [-0.25, -0.2) is 0 Å². The lowest BCUT2D eigenvalue weighted by Gasteiger charge is -2.13. The zero-order chi connectivity index (χ0) is 18.9. The van der Waals surface area contributed by atoms with Gasteiger partial charge in [0.1, 0.15) is 0 Å². The Hall–Kier alpha value is -2.89. The van der Waals surface area contributed by atoms with Gasteiger partial charge in [0.05, 0.1) is 34.9 Å². The molecule has 2 aromatic rings. The summed E-state index contributed by atoms with van der Waals surface area (Å²) < 4.78 is 21.2. The summed E-state index contributed by atoms with van der Waals surface area (Å²) >= 11 is 0. The van der Waals surface area contributed by atoms with Crippen molar-refractivity contribution in [2.75, 3.05) is 35.0 Å². The fraction of sp³-hybridized carbons (Fsp3) is 0.350. The molecule has 0 saturated carbocycles. The van der Waals surface area contributed by atoms with Crippen LogP contribution in [0.3, 0.4) is 0 Å². The predicted molar refractivity (Wildman–Crippen MR) is 99.5 cm³/mol. The van der Waals surface area contributed by atoms with E-state index in [-0.39, 0.29) is 12.3 Å². The summed E-state index contributed by atoms with van der Waals surface area (Å²) in [5, 5.41) is 2.93. The molecule has 0 aliphatic carbocycles. The second kappa shape index (κ2) is 9.56. The molecule has 0 spiro atoms. The molecule has 1 N–H and O–H groups in total. The molecule has 2 aromatic carbocycles. The number of rotatable bonds is 9. The Balaban J connectivity index is 1.92. The molecule has 6 nitrogen and oxygen atoms in total. The molecular formula is C20H25NO5. The molecule has 0 heterocycles. The van der Waals surface area contributed by atoms with Crippen LogP contribution >= 0.6 is 0 Å². The average molecular weight is 359 g/mol. The van der Waals surface area contributed by atoms with Gasteiger partial charge in [-0.15, -0.1) is 0 Å². The number of hydrogen-bond donors (Lipinski definition) is 1. The van der Waals surface area contributed by atoms with E-state index < -0.39 is 0 Å². The van der Waals surface area contributed by atoms with Crippen LogP contribution in [0.25, 0.3) is 0 Å². The molecule has 140 valence electrons. The van der Waals surface area contributed by atoms with Crippen molar-refractivity contribution in [1.29, 1.82) is 0 Å². The highest BCUT2D eigenvalue weighted by Gasteiger charge is 2.11. The molecule has 0 atom stereocenters. The second-order valence-electron chi connectivity index (χ2n) is 5.62. The monoisotopic (exact) mass is 359 g/mol. The predicted octanol–water partition coefficient (Wildman–Crippen LogP) is 2.62. The van der Waals surface area contributed by atoms with E-state index in [2.05, 4.69) is 5.32 Å². The number of nitrogens with one attached hydrogen (secondary N) is 1. The van der Waals surface area contributed by atoms with Crippen LogP contribution in [0.4, 0.5) is 0 Å². The van der Waals surface area contributed by atoms with E-state index in [0.717, 1.165) is 11.1 Å². The summed E-state index contributed by atoms with van der Waals surface area (Å²) in [6.07, 6.45) is 0.924. The first-order chi connectivity index (χ1) is 12.6. The highest BCUT2D eigenvalue weighted by atomic mass is 16.5. The first kappa shape index (κ1) is 19.4. The fourth-order valence-corrected chi connectivity index (χ4v) is 2.73. The van der Waals surface area contributed by atoms with E-state index in [1.807, 2.05) is 30.3 Å². The first-order valence-corrected chi connectivity index (χ1v) is 8.30. The molecule has 0 unspecified atom stereocenters. The van der Waals surface area contributed by atoms with Crippen LogP contribution in [0, 0.1) is 0 Å². The quantitative estimate of drug-likeness (QED) is 0.746. The Bertz CT molecular complexity index is 745. The van der Waals surface area contributed by atoms with Crippen molar-refractivity contribution in [1.82, 2.24) is 5.32 Å². The first-order valence-electron chi connectivity index (χ1n) is 8.30. The lowest BCUT2D eigenvalue weighted by molar-refractivity contribution is -0.120. The molecule has 0 bridgehead atoms. The summed E-state index contributed by atoms with van der Waals surface area (Å²) in [5.41, 5.74) is 1.84. The molecular weight excluding hydrogens is 334 g/mol. The van der Waals surface area contributed by atoms with Gasteiger partial charge in [0.15, 0.2) is 23.0 Å². The molecule has 0 radical (unpaired) electrons. The number of para-hydroxylation sites is 1. The van der Waals surface area contributed by atoms with Crippen LogP contribution in [0.15, 0.2) is 36.4 Å². The van der Waals surface area contributed by atoms with E-state index in [1.165, 1.54) is 0 Å². The second-order valence-corrected chi connectivity index (χ2v) is 5.62. The molecule has 1 amide bonds.